The number of carbonyl (C=O) groups excluding carboxylic acids is 2. The minimum absolute atomic E-state index is 0.0113. The molecular formula is C50H58N8O8S2. The zero-order chi connectivity index (χ0) is 50.7. The van der Waals surface area contributed by atoms with E-state index in [2.05, 4.69) is 19.4 Å². The Morgan fingerprint density at radius 3 is 1.32 bits per heavy atom. The maximum Gasteiger partial charge on any atom is 0.270 e. The van der Waals surface area contributed by atoms with Crippen LogP contribution in [0.5, 0.6) is 23.3 Å². The van der Waals surface area contributed by atoms with E-state index in [1.165, 1.54) is 36.4 Å². The first-order valence-electron chi connectivity index (χ1n) is 21.3. The van der Waals surface area contributed by atoms with Crippen molar-refractivity contribution in [3.63, 3.8) is 0 Å². The molecule has 0 radical (unpaired) electrons. The Balaban J connectivity index is 0.000000255. The number of nitro benzene ring substituents is 1. The third-order valence-corrected chi connectivity index (χ3v) is 13.2. The van der Waals surface area contributed by atoms with E-state index in [4.69, 9.17) is 24.8 Å². The Bertz CT molecular complexity index is 3130. The van der Waals surface area contributed by atoms with Crippen molar-refractivity contribution in [1.82, 2.24) is 19.4 Å². The number of nitrogens with one attached hydrogen (secondary N) is 4. The van der Waals surface area contributed by atoms with Crippen LogP contribution in [0, 0.1) is 61.2 Å². The summed E-state index contributed by atoms with van der Waals surface area (Å²) in [5, 5.41) is 11.1. The van der Waals surface area contributed by atoms with Gasteiger partial charge in [-0.1, -0.05) is 89.1 Å². The highest BCUT2D eigenvalue weighted by atomic mass is 32.2. The number of aryl methyl sites for hydroxylation is 6. The van der Waals surface area contributed by atoms with Gasteiger partial charge in [0, 0.05) is 40.0 Å². The molecule has 0 aliphatic rings. The number of rotatable bonds is 11. The highest BCUT2D eigenvalue weighted by Gasteiger charge is 2.27. The van der Waals surface area contributed by atoms with Gasteiger partial charge in [0.15, 0.2) is 19.8 Å². The molecule has 2 aromatic heterocycles. The highest BCUT2D eigenvalue weighted by molar-refractivity contribution is 7.91. The molecule has 18 heteroatoms. The van der Waals surface area contributed by atoms with Gasteiger partial charge in [-0.25, -0.2) is 27.9 Å². The van der Waals surface area contributed by atoms with Gasteiger partial charge in [0.25, 0.3) is 17.5 Å². The van der Waals surface area contributed by atoms with Crippen LogP contribution in [0.25, 0.3) is 0 Å². The van der Waals surface area contributed by atoms with Crippen molar-refractivity contribution in [3.05, 3.63) is 163 Å². The minimum atomic E-state index is -3.90. The molecule has 0 fully saturated rings. The van der Waals surface area contributed by atoms with Gasteiger partial charge in [-0.05, 0) is 112 Å². The second-order valence-corrected chi connectivity index (χ2v) is 22.1. The lowest BCUT2D eigenvalue weighted by molar-refractivity contribution is -0.385. The van der Waals surface area contributed by atoms with E-state index in [9.17, 15) is 28.1 Å². The van der Waals surface area contributed by atoms with Crippen LogP contribution in [0.3, 0.4) is 0 Å². The first-order chi connectivity index (χ1) is 31.5. The van der Waals surface area contributed by atoms with Crippen molar-refractivity contribution in [3.8, 4) is 23.3 Å². The largest absolute Gasteiger partial charge is 0.438 e. The zero-order valence-electron chi connectivity index (χ0n) is 40.2. The van der Waals surface area contributed by atoms with Crippen molar-refractivity contribution in [2.45, 2.75) is 104 Å². The number of anilines is 1. The van der Waals surface area contributed by atoms with Crippen LogP contribution in [0.15, 0.2) is 107 Å². The van der Waals surface area contributed by atoms with Crippen LogP contribution >= 0.6 is 0 Å². The summed E-state index contributed by atoms with van der Waals surface area (Å²) in [5.41, 5.74) is 12.3. The smallest absolute Gasteiger partial charge is 0.270 e. The van der Waals surface area contributed by atoms with E-state index in [0.29, 0.717) is 22.9 Å². The van der Waals surface area contributed by atoms with Gasteiger partial charge in [0.1, 0.15) is 22.6 Å². The molecule has 2 unspecified atom stereocenters. The fraction of sp³-hybridized carbons (Fsp3) is 0.280. The number of ether oxygens (including phenoxy) is 2. The van der Waals surface area contributed by atoms with Crippen molar-refractivity contribution in [1.29, 1.82) is 9.56 Å². The molecule has 0 bridgehead atoms. The lowest BCUT2D eigenvalue weighted by Gasteiger charge is -2.21. The number of nitrogen functional groups attached to an aromatic ring is 1. The molecule has 358 valence electrons. The lowest BCUT2D eigenvalue weighted by atomic mass is 9.91. The maximum atomic E-state index is 13.2. The third-order valence-electron chi connectivity index (χ3n) is 10.4. The van der Waals surface area contributed by atoms with Crippen molar-refractivity contribution in [2.24, 2.45) is 0 Å². The van der Waals surface area contributed by atoms with E-state index in [1.807, 2.05) is 107 Å². The summed E-state index contributed by atoms with van der Waals surface area (Å²) in [7, 11) is -7.54. The topological polar surface area (TPSA) is 253 Å². The average molecular weight is 963 g/mol. The van der Waals surface area contributed by atoms with Gasteiger partial charge in [0.05, 0.1) is 14.7 Å². The van der Waals surface area contributed by atoms with E-state index in [-0.39, 0.29) is 49.2 Å². The number of aromatic nitrogens is 2. The molecule has 0 aliphatic heterocycles. The van der Waals surface area contributed by atoms with Gasteiger partial charge >= 0.3 is 0 Å². The van der Waals surface area contributed by atoms with Gasteiger partial charge in [-0.3, -0.25) is 29.1 Å². The van der Waals surface area contributed by atoms with Gasteiger partial charge < -0.3 is 15.2 Å². The van der Waals surface area contributed by atoms with E-state index < -0.39 is 36.6 Å². The summed E-state index contributed by atoms with van der Waals surface area (Å²) in [4.78, 5) is 45.9. The summed E-state index contributed by atoms with van der Waals surface area (Å²) in [5.74, 6) is -0.300. The molecule has 0 aliphatic carbocycles. The van der Waals surface area contributed by atoms with Crippen molar-refractivity contribution >= 4 is 43.0 Å². The highest BCUT2D eigenvalue weighted by Crippen LogP contribution is 2.35. The number of benzene rings is 4. The molecule has 0 spiro atoms. The quantitative estimate of drug-likeness (QED) is 0.0464. The van der Waals surface area contributed by atoms with Gasteiger partial charge in [0.2, 0.25) is 11.8 Å². The zero-order valence-corrected chi connectivity index (χ0v) is 41.9. The van der Waals surface area contributed by atoms with E-state index >= 15 is 0 Å². The molecular weight excluding hydrogens is 905 g/mol. The number of nitrogens with two attached hydrogens (primary N) is 1. The van der Waals surface area contributed by atoms with Crippen LogP contribution in [0.4, 0.5) is 11.4 Å². The monoisotopic (exact) mass is 962 g/mol. The fourth-order valence-corrected chi connectivity index (χ4v) is 9.13. The molecule has 0 saturated heterocycles. The Kier molecular flexibility index (Phi) is 15.2. The molecule has 16 nitrogen and oxygen atoms in total. The molecule has 6 N–H and O–H groups in total. The summed E-state index contributed by atoms with van der Waals surface area (Å²) >= 11 is 0. The predicted octanol–water partition coefficient (Wildman–Crippen LogP) is 11.2. The second kappa shape index (κ2) is 20.0. The second-order valence-electron chi connectivity index (χ2n) is 18.6. The summed E-state index contributed by atoms with van der Waals surface area (Å²) in [6, 6.07) is 25.3. The van der Waals surface area contributed by atoms with Crippen LogP contribution < -0.4 is 24.7 Å². The Labute approximate surface area is 398 Å². The van der Waals surface area contributed by atoms with Crippen LogP contribution in [0.1, 0.15) is 107 Å². The number of hydrogen-bond acceptors (Lipinski definition) is 13. The predicted molar refractivity (Wildman–Crippen MR) is 264 cm³/mol. The standard InChI is InChI=1S/C25H28N4O5S.C25H30N4O3S/c1-15-12-16(2)22(17(3)13-15)34-24-20(10-11-21(27-24)25(4,5)6)23(30)28-35(26,33)19-9-7-8-18(14-19)29(31)32;1-15-12-16(2)22(17(3)13-15)32-24-20(10-11-21(28-24)25(4,5)6)23(30)29-33(27,31)19-9-7-8-18(26)14-19/h7-14H,1-6H3,(H2,26,28,30,33);7-14H,26H2,1-6H3,(H2,27,29,30,31). The number of nitrogens with zero attached hydrogens (tertiary/aromatic N) is 3. The van der Waals surface area contributed by atoms with Crippen molar-refractivity contribution in [2.75, 3.05) is 5.73 Å². The van der Waals surface area contributed by atoms with Crippen molar-refractivity contribution < 1.29 is 32.4 Å². The maximum absolute atomic E-state index is 13.2. The summed E-state index contributed by atoms with van der Waals surface area (Å²) in [6.45, 7) is 23.6. The van der Waals surface area contributed by atoms with Crippen LogP contribution in [-0.2, 0) is 30.7 Å². The number of amides is 2. The molecule has 4 aromatic carbocycles. The first-order valence-corrected chi connectivity index (χ1v) is 24.4. The van der Waals surface area contributed by atoms with E-state index in [1.54, 1.807) is 30.3 Å². The molecule has 68 heavy (non-hydrogen) atoms. The van der Waals surface area contributed by atoms with Crippen LogP contribution in [0.2, 0.25) is 0 Å². The van der Waals surface area contributed by atoms with Gasteiger partial charge in [-0.2, -0.15) is 0 Å². The molecule has 2 atom stereocenters. The minimum Gasteiger partial charge on any atom is -0.438 e. The number of carbonyl (C=O) groups is 2. The molecule has 6 aromatic rings. The first kappa shape index (κ1) is 51.8. The lowest BCUT2D eigenvalue weighted by Crippen LogP contribution is -2.30. The van der Waals surface area contributed by atoms with Crippen LogP contribution in [-0.4, -0.2) is 35.1 Å². The summed E-state index contributed by atoms with van der Waals surface area (Å²) in [6.07, 6.45) is 0. The third kappa shape index (κ3) is 12.6. The fourth-order valence-electron chi connectivity index (χ4n) is 7.02. The number of pyridine rings is 2. The Morgan fingerprint density at radius 1 is 0.603 bits per heavy atom. The Hall–Kier alpha value is -7.18. The number of hydrogen-bond donors (Lipinski definition) is 5. The molecule has 2 heterocycles. The molecule has 2 amide bonds. The van der Waals surface area contributed by atoms with E-state index in [0.717, 1.165) is 45.1 Å². The molecule has 0 saturated carbocycles. The average Bonchev–Trinajstić information content (AvgIpc) is 3.22. The SMILES string of the molecule is Cc1cc(C)c(Oc2nc(C(C)(C)C)ccc2C(=O)NS(=N)(=O)c2cccc(N)c2)c(C)c1.Cc1cc(C)c(Oc2nc(C(C)(C)C)ccc2C(=O)NS(=N)(=O)c2cccc([N+](=O)[O-])c2)c(C)c1. The van der Waals surface area contributed by atoms with Gasteiger partial charge in [-0.15, -0.1) is 0 Å². The number of nitro groups is 1. The normalized spacial score (nSPS) is 13.2. The number of non-ortho nitro benzene ring substituents is 1. The molecule has 6 rings (SSSR count). The Morgan fingerprint density at radius 2 is 0.971 bits per heavy atom. The summed E-state index contributed by atoms with van der Waals surface area (Å²) < 4.78 is 59.3.